The van der Waals surface area contributed by atoms with Gasteiger partial charge in [0, 0.05) is 19.6 Å². The molecule has 1 fully saturated rings. The number of para-hydroxylation sites is 2. The van der Waals surface area contributed by atoms with E-state index in [1.807, 2.05) is 65.3 Å². The van der Waals surface area contributed by atoms with E-state index in [4.69, 9.17) is 14.6 Å². The molecule has 1 saturated carbocycles. The van der Waals surface area contributed by atoms with Crippen LogP contribution in [-0.4, -0.2) is 52.2 Å². The van der Waals surface area contributed by atoms with Crippen LogP contribution in [0.5, 0.6) is 11.6 Å². The van der Waals surface area contributed by atoms with E-state index in [0.717, 1.165) is 41.5 Å². The third kappa shape index (κ3) is 6.56. The first-order valence-corrected chi connectivity index (χ1v) is 12.2. The Morgan fingerprint density at radius 1 is 1.15 bits per heavy atom. The highest BCUT2D eigenvalue weighted by Crippen LogP contribution is 2.34. The molecule has 0 amide bonds. The Labute approximate surface area is 202 Å². The number of hydrogen-bond donors (Lipinski definition) is 1. The molecule has 1 N–H and O–H groups in total. The minimum Gasteiger partial charge on any atom is -0.439 e. The lowest BCUT2D eigenvalue weighted by molar-refractivity contribution is 0.0235. The average molecular weight is 462 g/mol. The van der Waals surface area contributed by atoms with Gasteiger partial charge in [-0.05, 0) is 49.4 Å². The molecular formula is C28H35N3O3. The molecule has 1 atom stereocenters. The average Bonchev–Trinajstić information content (AvgIpc) is 3.61. The lowest BCUT2D eigenvalue weighted by Crippen LogP contribution is -2.36. The fourth-order valence-electron chi connectivity index (χ4n) is 4.10. The van der Waals surface area contributed by atoms with Crippen molar-refractivity contribution in [2.45, 2.75) is 38.8 Å². The van der Waals surface area contributed by atoms with Gasteiger partial charge in [0.1, 0.15) is 5.75 Å². The normalized spacial score (nSPS) is 14.3. The molecule has 4 rings (SSSR count). The lowest BCUT2D eigenvalue weighted by atomic mass is 10.1. The summed E-state index contributed by atoms with van der Waals surface area (Å²) in [6, 6.07) is 19.9. The quantitative estimate of drug-likeness (QED) is 0.270. The second kappa shape index (κ2) is 12.0. The smallest absolute Gasteiger partial charge is 0.227 e. The maximum absolute atomic E-state index is 10.6. The molecule has 1 aliphatic carbocycles. The molecule has 0 saturated heterocycles. The predicted molar refractivity (Wildman–Crippen MR) is 134 cm³/mol. The molecule has 180 valence electrons. The molecule has 1 heterocycles. The van der Waals surface area contributed by atoms with Crippen LogP contribution < -0.4 is 4.74 Å². The summed E-state index contributed by atoms with van der Waals surface area (Å²) in [6.07, 6.45) is 4.43. The Balaban J connectivity index is 1.65. The van der Waals surface area contributed by atoms with Crippen LogP contribution in [0.15, 0.2) is 73.3 Å². The fraction of sp³-hybridized carbons (Fsp3) is 0.393. The van der Waals surface area contributed by atoms with Crippen LogP contribution >= 0.6 is 0 Å². The van der Waals surface area contributed by atoms with E-state index in [0.29, 0.717) is 32.2 Å². The number of aromatic nitrogens is 2. The summed E-state index contributed by atoms with van der Waals surface area (Å²) < 4.78 is 13.9. The fourth-order valence-corrected chi connectivity index (χ4v) is 4.10. The minimum absolute atomic E-state index is 0.296. The summed E-state index contributed by atoms with van der Waals surface area (Å²) in [5.41, 5.74) is 3.03. The van der Waals surface area contributed by atoms with Gasteiger partial charge in [-0.25, -0.2) is 4.68 Å². The SMILES string of the molecule is C=CCOC[C@H](O)CN(Cc1c(CC)nn(-c2ccccc2)c1Oc1ccccc1)CC1CC1. The zero-order valence-corrected chi connectivity index (χ0v) is 20.0. The molecule has 0 radical (unpaired) electrons. The zero-order chi connectivity index (χ0) is 23.8. The topological polar surface area (TPSA) is 59.8 Å². The van der Waals surface area contributed by atoms with Crippen LogP contribution in [-0.2, 0) is 17.7 Å². The van der Waals surface area contributed by atoms with Crippen LogP contribution in [0.25, 0.3) is 5.69 Å². The van der Waals surface area contributed by atoms with Crippen LogP contribution in [0.4, 0.5) is 0 Å². The van der Waals surface area contributed by atoms with Gasteiger partial charge in [-0.1, -0.05) is 49.4 Å². The number of hydrogen-bond acceptors (Lipinski definition) is 5. The van der Waals surface area contributed by atoms with E-state index in [-0.39, 0.29) is 0 Å². The Morgan fingerprint density at radius 3 is 2.50 bits per heavy atom. The summed E-state index contributed by atoms with van der Waals surface area (Å²) in [6.45, 7) is 8.68. The van der Waals surface area contributed by atoms with E-state index >= 15 is 0 Å². The molecule has 0 aliphatic heterocycles. The van der Waals surface area contributed by atoms with Crippen molar-refractivity contribution in [3.8, 4) is 17.3 Å². The molecule has 1 aliphatic rings. The van der Waals surface area contributed by atoms with Crippen molar-refractivity contribution < 1.29 is 14.6 Å². The van der Waals surface area contributed by atoms with Crippen molar-refractivity contribution in [3.63, 3.8) is 0 Å². The number of aryl methyl sites for hydroxylation is 1. The van der Waals surface area contributed by atoms with E-state index < -0.39 is 6.10 Å². The third-order valence-electron chi connectivity index (χ3n) is 5.92. The summed E-state index contributed by atoms with van der Waals surface area (Å²) in [5, 5.41) is 15.6. The molecule has 0 spiro atoms. The third-order valence-corrected chi connectivity index (χ3v) is 5.92. The van der Waals surface area contributed by atoms with Crippen LogP contribution in [0.3, 0.4) is 0 Å². The number of aliphatic hydroxyl groups excluding tert-OH is 1. The standard InChI is InChI=1S/C28H35N3O3/c1-3-17-33-21-24(32)19-30(18-22-15-16-22)20-26-27(4-2)29-31(23-11-7-5-8-12-23)28(26)34-25-13-9-6-10-14-25/h3,5-14,22,24,32H,1,4,15-21H2,2H3/t24-/m1/s1. The number of rotatable bonds is 14. The Kier molecular flexibility index (Phi) is 8.52. The molecule has 1 aromatic heterocycles. The molecule has 6 nitrogen and oxygen atoms in total. The summed E-state index contributed by atoms with van der Waals surface area (Å²) in [4.78, 5) is 2.32. The second-order valence-corrected chi connectivity index (χ2v) is 8.86. The molecule has 0 unspecified atom stereocenters. The monoisotopic (exact) mass is 461 g/mol. The number of ether oxygens (including phenoxy) is 2. The summed E-state index contributed by atoms with van der Waals surface area (Å²) in [7, 11) is 0. The van der Waals surface area contributed by atoms with Crippen molar-refractivity contribution in [2.75, 3.05) is 26.3 Å². The van der Waals surface area contributed by atoms with Gasteiger partial charge in [-0.15, -0.1) is 6.58 Å². The van der Waals surface area contributed by atoms with Crippen LogP contribution in [0.1, 0.15) is 31.0 Å². The predicted octanol–water partition coefficient (Wildman–Crippen LogP) is 5.00. The van der Waals surface area contributed by atoms with Crippen molar-refractivity contribution in [2.24, 2.45) is 5.92 Å². The van der Waals surface area contributed by atoms with E-state index in [1.54, 1.807) is 6.08 Å². The van der Waals surface area contributed by atoms with E-state index in [2.05, 4.69) is 18.4 Å². The van der Waals surface area contributed by atoms with Gasteiger partial charge in [0.2, 0.25) is 5.88 Å². The van der Waals surface area contributed by atoms with Crippen molar-refractivity contribution in [1.82, 2.24) is 14.7 Å². The molecule has 34 heavy (non-hydrogen) atoms. The maximum Gasteiger partial charge on any atom is 0.227 e. The highest BCUT2D eigenvalue weighted by molar-refractivity contribution is 5.43. The Morgan fingerprint density at radius 2 is 1.85 bits per heavy atom. The first-order valence-electron chi connectivity index (χ1n) is 12.2. The molecule has 6 heteroatoms. The zero-order valence-electron chi connectivity index (χ0n) is 20.0. The van der Waals surface area contributed by atoms with Gasteiger partial charge < -0.3 is 14.6 Å². The van der Waals surface area contributed by atoms with Gasteiger partial charge in [-0.2, -0.15) is 5.10 Å². The second-order valence-electron chi connectivity index (χ2n) is 8.86. The number of nitrogens with zero attached hydrogens (tertiary/aromatic N) is 3. The highest BCUT2D eigenvalue weighted by atomic mass is 16.5. The highest BCUT2D eigenvalue weighted by Gasteiger charge is 2.28. The Hall–Kier alpha value is -2.93. The first kappa shape index (κ1) is 24.2. The van der Waals surface area contributed by atoms with Gasteiger partial charge in [0.15, 0.2) is 0 Å². The number of benzene rings is 2. The summed E-state index contributed by atoms with van der Waals surface area (Å²) >= 11 is 0. The van der Waals surface area contributed by atoms with Gasteiger partial charge >= 0.3 is 0 Å². The Bertz CT molecular complexity index is 1030. The van der Waals surface area contributed by atoms with Crippen LogP contribution in [0.2, 0.25) is 0 Å². The van der Waals surface area contributed by atoms with Crippen molar-refractivity contribution in [1.29, 1.82) is 0 Å². The number of aliphatic hydroxyl groups is 1. The molecular weight excluding hydrogens is 426 g/mol. The first-order chi connectivity index (χ1) is 16.7. The minimum atomic E-state index is -0.563. The van der Waals surface area contributed by atoms with Crippen molar-refractivity contribution in [3.05, 3.63) is 84.6 Å². The van der Waals surface area contributed by atoms with Gasteiger partial charge in [0.25, 0.3) is 0 Å². The molecule has 3 aromatic rings. The lowest BCUT2D eigenvalue weighted by Gasteiger charge is -2.25. The molecule has 2 aromatic carbocycles. The van der Waals surface area contributed by atoms with Gasteiger partial charge in [-0.3, -0.25) is 4.90 Å². The van der Waals surface area contributed by atoms with E-state index in [9.17, 15) is 5.11 Å². The molecule has 0 bridgehead atoms. The van der Waals surface area contributed by atoms with Crippen LogP contribution in [0, 0.1) is 5.92 Å². The van der Waals surface area contributed by atoms with E-state index in [1.165, 1.54) is 12.8 Å². The largest absolute Gasteiger partial charge is 0.439 e. The summed E-state index contributed by atoms with van der Waals surface area (Å²) in [5.74, 6) is 2.19. The van der Waals surface area contributed by atoms with Crippen molar-refractivity contribution >= 4 is 0 Å². The maximum atomic E-state index is 10.6. The van der Waals surface area contributed by atoms with Gasteiger partial charge in [0.05, 0.1) is 36.3 Å².